The summed E-state index contributed by atoms with van der Waals surface area (Å²) in [6.07, 6.45) is 1.70. The number of methoxy groups -OCH3 is 1. The Morgan fingerprint density at radius 2 is 1.86 bits per heavy atom. The highest BCUT2D eigenvalue weighted by atomic mass is 32.1. The van der Waals surface area contributed by atoms with Crippen molar-refractivity contribution in [2.75, 3.05) is 7.11 Å². The largest absolute Gasteiger partial charge is 0.466 e. The smallest absolute Gasteiger partial charge is 0.338 e. The summed E-state index contributed by atoms with van der Waals surface area (Å²) >= 11 is 1.23. The fraction of sp³-hybridized carbons (Fsp3) is 0.136. The molecule has 2 heterocycles. The molecule has 0 radical (unpaired) electrons. The van der Waals surface area contributed by atoms with E-state index in [0.29, 0.717) is 26.2 Å². The lowest BCUT2D eigenvalue weighted by atomic mass is 9.96. The first-order chi connectivity index (χ1) is 14.0. The number of aromatic nitrogens is 1. The van der Waals surface area contributed by atoms with E-state index in [4.69, 9.17) is 4.74 Å². The molecule has 0 saturated heterocycles. The number of hydrogen-bond acceptors (Lipinski definition) is 5. The number of hydrogen-bond donors (Lipinski definition) is 0. The van der Waals surface area contributed by atoms with Crippen LogP contribution in [0.15, 0.2) is 75.7 Å². The molecule has 0 saturated carbocycles. The average molecular weight is 408 g/mol. The Kier molecular flexibility index (Phi) is 4.98. The number of fused-ring (bicyclic) bond motifs is 1. The molecule has 0 amide bonds. The van der Waals surface area contributed by atoms with Crippen LogP contribution in [0.3, 0.4) is 0 Å². The molecule has 3 aromatic rings. The zero-order valence-electron chi connectivity index (χ0n) is 15.8. The molecule has 0 spiro atoms. The molecule has 4 rings (SSSR count). The maximum absolute atomic E-state index is 13.3. The van der Waals surface area contributed by atoms with Crippen LogP contribution in [0, 0.1) is 5.82 Å². The molecule has 0 bridgehead atoms. The standard InChI is InChI=1S/C22H17FN2O3S/c1-13-18(21(27)28-2)19(15-6-4-3-5-7-15)25-20(26)17(29-22(25)24-13)12-14-8-10-16(23)11-9-14/h3-12,19H,1-2H3/b17-12+. The molecule has 0 N–H and O–H groups in total. The van der Waals surface area contributed by atoms with Gasteiger partial charge in [0, 0.05) is 0 Å². The summed E-state index contributed by atoms with van der Waals surface area (Å²) in [6, 6.07) is 14.6. The number of carbonyl (C=O) groups excluding carboxylic acids is 1. The second kappa shape index (κ2) is 7.60. The normalized spacial score (nSPS) is 16.4. The summed E-state index contributed by atoms with van der Waals surface area (Å²) < 4.78 is 20.1. The van der Waals surface area contributed by atoms with Crippen LogP contribution in [0.4, 0.5) is 4.39 Å². The van der Waals surface area contributed by atoms with Crippen molar-refractivity contribution in [3.05, 3.63) is 102 Å². The first-order valence-corrected chi connectivity index (χ1v) is 9.72. The first-order valence-electron chi connectivity index (χ1n) is 8.91. The Morgan fingerprint density at radius 3 is 2.52 bits per heavy atom. The number of rotatable bonds is 3. The van der Waals surface area contributed by atoms with E-state index in [9.17, 15) is 14.0 Å². The highest BCUT2D eigenvalue weighted by Gasteiger charge is 2.32. The number of halogens is 1. The number of nitrogens with zero attached hydrogens (tertiary/aromatic N) is 2. The van der Waals surface area contributed by atoms with Crippen molar-refractivity contribution in [3.8, 4) is 0 Å². The van der Waals surface area contributed by atoms with Gasteiger partial charge in [0.15, 0.2) is 4.80 Å². The topological polar surface area (TPSA) is 60.7 Å². The fourth-order valence-corrected chi connectivity index (χ4v) is 4.40. The third kappa shape index (κ3) is 3.45. The highest BCUT2D eigenvalue weighted by molar-refractivity contribution is 7.07. The predicted octanol–water partition coefficient (Wildman–Crippen LogP) is 2.55. The van der Waals surface area contributed by atoms with Gasteiger partial charge in [-0.05, 0) is 36.3 Å². The van der Waals surface area contributed by atoms with E-state index in [0.717, 1.165) is 5.56 Å². The predicted molar refractivity (Wildman–Crippen MR) is 109 cm³/mol. The van der Waals surface area contributed by atoms with Crippen LogP contribution < -0.4 is 14.9 Å². The van der Waals surface area contributed by atoms with Gasteiger partial charge >= 0.3 is 5.97 Å². The summed E-state index contributed by atoms with van der Waals surface area (Å²) in [5, 5.41) is 0. The Labute approximate surface area is 169 Å². The van der Waals surface area contributed by atoms with Gasteiger partial charge in [-0.1, -0.05) is 53.8 Å². The van der Waals surface area contributed by atoms with Crippen LogP contribution in [0.2, 0.25) is 0 Å². The van der Waals surface area contributed by atoms with Crippen molar-refractivity contribution in [2.45, 2.75) is 13.0 Å². The van der Waals surface area contributed by atoms with Crippen molar-refractivity contribution in [1.29, 1.82) is 0 Å². The third-order valence-corrected chi connectivity index (χ3v) is 5.69. The van der Waals surface area contributed by atoms with E-state index in [-0.39, 0.29) is 11.4 Å². The van der Waals surface area contributed by atoms with Crippen molar-refractivity contribution in [2.24, 2.45) is 4.99 Å². The molecule has 2 aromatic carbocycles. The second-order valence-electron chi connectivity index (χ2n) is 6.54. The van der Waals surface area contributed by atoms with Gasteiger partial charge in [0.05, 0.1) is 29.0 Å². The van der Waals surface area contributed by atoms with Gasteiger partial charge in [-0.2, -0.15) is 0 Å². The number of benzene rings is 2. The summed E-state index contributed by atoms with van der Waals surface area (Å²) in [5.41, 5.74) is 2.08. The number of carbonyl (C=O) groups is 1. The SMILES string of the molecule is COC(=O)C1=C(C)N=c2s/c(=C/c3ccc(F)cc3)c(=O)n2C1c1ccccc1. The third-order valence-electron chi connectivity index (χ3n) is 4.71. The van der Waals surface area contributed by atoms with Crippen LogP contribution >= 0.6 is 11.3 Å². The maximum atomic E-state index is 13.3. The Bertz CT molecular complexity index is 1290. The van der Waals surface area contributed by atoms with Crippen LogP contribution in [-0.4, -0.2) is 17.6 Å². The van der Waals surface area contributed by atoms with E-state index in [1.54, 1.807) is 25.1 Å². The van der Waals surface area contributed by atoms with E-state index in [1.807, 2.05) is 30.3 Å². The van der Waals surface area contributed by atoms with Crippen LogP contribution in [0.5, 0.6) is 0 Å². The maximum Gasteiger partial charge on any atom is 0.338 e. The summed E-state index contributed by atoms with van der Waals surface area (Å²) in [7, 11) is 1.31. The average Bonchev–Trinajstić information content (AvgIpc) is 3.03. The lowest BCUT2D eigenvalue weighted by Gasteiger charge is -2.24. The minimum atomic E-state index is -0.629. The second-order valence-corrected chi connectivity index (χ2v) is 7.54. The molecule has 7 heteroatoms. The Hall–Kier alpha value is -3.32. The quantitative estimate of drug-likeness (QED) is 0.626. The summed E-state index contributed by atoms with van der Waals surface area (Å²) in [4.78, 5) is 30.8. The van der Waals surface area contributed by atoms with Gasteiger partial charge in [-0.15, -0.1) is 0 Å². The number of allylic oxidation sites excluding steroid dienone is 1. The zero-order valence-corrected chi connectivity index (χ0v) is 16.6. The van der Waals surface area contributed by atoms with Gasteiger partial charge < -0.3 is 4.74 Å². The van der Waals surface area contributed by atoms with Crippen molar-refractivity contribution in [3.63, 3.8) is 0 Å². The lowest BCUT2D eigenvalue weighted by molar-refractivity contribution is -0.136. The van der Waals surface area contributed by atoms with E-state index in [2.05, 4.69) is 4.99 Å². The first kappa shape index (κ1) is 19.0. The number of thiazole rings is 1. The van der Waals surface area contributed by atoms with E-state index >= 15 is 0 Å². The molecule has 1 atom stereocenters. The minimum Gasteiger partial charge on any atom is -0.466 e. The van der Waals surface area contributed by atoms with Crippen LogP contribution in [-0.2, 0) is 9.53 Å². The molecule has 1 aliphatic rings. The Morgan fingerprint density at radius 1 is 1.17 bits per heavy atom. The Balaban J connectivity index is 1.97. The number of esters is 1. The molecule has 29 heavy (non-hydrogen) atoms. The van der Waals surface area contributed by atoms with E-state index < -0.39 is 12.0 Å². The molecule has 0 aliphatic carbocycles. The fourth-order valence-electron chi connectivity index (χ4n) is 3.35. The van der Waals surface area contributed by atoms with Gasteiger partial charge in [0.25, 0.3) is 5.56 Å². The van der Waals surface area contributed by atoms with Gasteiger partial charge in [-0.3, -0.25) is 9.36 Å². The summed E-state index contributed by atoms with van der Waals surface area (Å²) in [6.45, 7) is 1.74. The molecule has 5 nitrogen and oxygen atoms in total. The van der Waals surface area contributed by atoms with Crippen LogP contribution in [0.1, 0.15) is 24.1 Å². The van der Waals surface area contributed by atoms with Crippen molar-refractivity contribution >= 4 is 23.4 Å². The minimum absolute atomic E-state index is 0.263. The summed E-state index contributed by atoms with van der Waals surface area (Å²) in [5.74, 6) is -0.862. The molecule has 1 aromatic heterocycles. The monoisotopic (exact) mass is 408 g/mol. The van der Waals surface area contributed by atoms with Crippen molar-refractivity contribution < 1.29 is 13.9 Å². The van der Waals surface area contributed by atoms with Gasteiger partial charge in [0.1, 0.15) is 5.82 Å². The molecular formula is C22H17FN2O3S. The zero-order chi connectivity index (χ0) is 20.5. The van der Waals surface area contributed by atoms with Gasteiger partial charge in [-0.25, -0.2) is 14.2 Å². The molecular weight excluding hydrogens is 391 g/mol. The molecule has 1 aliphatic heterocycles. The lowest BCUT2D eigenvalue weighted by Crippen LogP contribution is -2.39. The highest BCUT2D eigenvalue weighted by Crippen LogP contribution is 2.30. The van der Waals surface area contributed by atoms with Crippen LogP contribution in [0.25, 0.3) is 6.08 Å². The molecule has 0 fully saturated rings. The van der Waals surface area contributed by atoms with Gasteiger partial charge in [0.2, 0.25) is 0 Å². The number of ether oxygens (including phenoxy) is 1. The van der Waals surface area contributed by atoms with E-state index in [1.165, 1.54) is 35.1 Å². The molecule has 146 valence electrons. The molecule has 1 unspecified atom stereocenters. The van der Waals surface area contributed by atoms with Crippen molar-refractivity contribution in [1.82, 2.24) is 4.57 Å².